The van der Waals surface area contributed by atoms with Crippen LogP contribution in [0.25, 0.3) is 0 Å². The fraction of sp³-hybridized carbons (Fsp3) is 0.333. The number of rotatable bonds is 1. The summed E-state index contributed by atoms with van der Waals surface area (Å²) >= 11 is 0. The quantitative estimate of drug-likeness (QED) is 0.740. The number of benzene rings is 1. The molecule has 0 saturated heterocycles. The van der Waals surface area contributed by atoms with Crippen LogP contribution >= 0.6 is 0 Å². The van der Waals surface area contributed by atoms with E-state index in [0.717, 1.165) is 11.1 Å². The largest absolute Gasteiger partial charge is 0.238 e. The van der Waals surface area contributed by atoms with Gasteiger partial charge in [-0.25, -0.2) is 13.6 Å². The summed E-state index contributed by atoms with van der Waals surface area (Å²) in [4.78, 5) is 0.257. The fourth-order valence-electron chi connectivity index (χ4n) is 1.36. The van der Waals surface area contributed by atoms with E-state index in [1.807, 2.05) is 13.0 Å². The smallest absolute Gasteiger partial charge is 0.225 e. The Bertz CT molecular complexity index is 435. The van der Waals surface area contributed by atoms with E-state index in [1.165, 1.54) is 0 Å². The third-order valence-corrected chi connectivity index (χ3v) is 3.36. The van der Waals surface area contributed by atoms with Crippen molar-refractivity contribution in [2.75, 3.05) is 0 Å². The first-order valence-corrected chi connectivity index (χ1v) is 5.48. The third-order valence-electron chi connectivity index (χ3n) is 2.16. The standard InChI is InChI=1S/C9H13NO2S/c1-6-4-5-7(2)9(8(6)3)13(10,11)12/h4-5H,1-3H3,(H2,10,11,12). The molecule has 0 aliphatic carbocycles. The molecule has 0 amide bonds. The average Bonchev–Trinajstić information content (AvgIpc) is 1.95. The van der Waals surface area contributed by atoms with Crippen molar-refractivity contribution < 1.29 is 8.42 Å². The van der Waals surface area contributed by atoms with E-state index in [0.29, 0.717) is 5.56 Å². The second kappa shape index (κ2) is 3.12. The Hall–Kier alpha value is -0.870. The molecule has 1 aromatic rings. The molecular formula is C9H13NO2S. The van der Waals surface area contributed by atoms with Crippen LogP contribution in [0.15, 0.2) is 17.0 Å². The molecule has 0 radical (unpaired) electrons. The molecule has 0 aromatic heterocycles. The molecule has 72 valence electrons. The second-order valence-electron chi connectivity index (χ2n) is 3.20. The van der Waals surface area contributed by atoms with Gasteiger partial charge in [-0.05, 0) is 37.5 Å². The Morgan fingerprint density at radius 1 is 1.08 bits per heavy atom. The van der Waals surface area contributed by atoms with Crippen LogP contribution in [-0.4, -0.2) is 8.42 Å². The van der Waals surface area contributed by atoms with E-state index in [1.54, 1.807) is 19.9 Å². The molecule has 4 heteroatoms. The minimum atomic E-state index is -3.59. The maximum Gasteiger partial charge on any atom is 0.238 e. The predicted molar refractivity (Wildman–Crippen MR) is 52.0 cm³/mol. The van der Waals surface area contributed by atoms with Gasteiger partial charge in [0, 0.05) is 0 Å². The molecule has 0 saturated carbocycles. The zero-order chi connectivity index (χ0) is 10.2. The van der Waals surface area contributed by atoms with E-state index >= 15 is 0 Å². The molecule has 1 rings (SSSR count). The molecule has 2 N–H and O–H groups in total. The molecule has 0 atom stereocenters. The van der Waals surface area contributed by atoms with Crippen molar-refractivity contribution in [3.8, 4) is 0 Å². The van der Waals surface area contributed by atoms with Gasteiger partial charge in [-0.1, -0.05) is 12.1 Å². The lowest BCUT2D eigenvalue weighted by Crippen LogP contribution is -2.15. The average molecular weight is 199 g/mol. The summed E-state index contributed by atoms with van der Waals surface area (Å²) in [7, 11) is -3.59. The van der Waals surface area contributed by atoms with Crippen LogP contribution in [0.3, 0.4) is 0 Å². The van der Waals surface area contributed by atoms with Gasteiger partial charge in [0.25, 0.3) is 0 Å². The molecule has 13 heavy (non-hydrogen) atoms. The number of hydrogen-bond donors (Lipinski definition) is 1. The number of aryl methyl sites for hydroxylation is 2. The minimum Gasteiger partial charge on any atom is -0.225 e. The highest BCUT2D eigenvalue weighted by Gasteiger charge is 2.15. The second-order valence-corrected chi connectivity index (χ2v) is 4.70. The number of nitrogens with two attached hydrogens (primary N) is 1. The first kappa shape index (κ1) is 10.2. The van der Waals surface area contributed by atoms with Crippen LogP contribution in [0, 0.1) is 20.8 Å². The fourth-order valence-corrected chi connectivity index (χ4v) is 2.47. The first-order valence-electron chi connectivity index (χ1n) is 3.93. The SMILES string of the molecule is Cc1ccc(C)c(S(N)(=O)=O)c1C. The summed E-state index contributed by atoms with van der Waals surface area (Å²) in [5.41, 5.74) is 2.38. The van der Waals surface area contributed by atoms with Gasteiger partial charge in [0.05, 0.1) is 4.90 Å². The van der Waals surface area contributed by atoms with Crippen LogP contribution in [0.4, 0.5) is 0 Å². The van der Waals surface area contributed by atoms with E-state index in [2.05, 4.69) is 0 Å². The van der Waals surface area contributed by atoms with Crippen molar-refractivity contribution in [2.24, 2.45) is 5.14 Å². The number of hydrogen-bond acceptors (Lipinski definition) is 2. The highest BCUT2D eigenvalue weighted by atomic mass is 32.2. The Morgan fingerprint density at radius 3 is 1.92 bits per heavy atom. The maximum absolute atomic E-state index is 11.2. The zero-order valence-electron chi connectivity index (χ0n) is 7.96. The molecule has 3 nitrogen and oxygen atoms in total. The van der Waals surface area contributed by atoms with Gasteiger partial charge >= 0.3 is 0 Å². The molecule has 0 unspecified atom stereocenters. The Morgan fingerprint density at radius 2 is 1.54 bits per heavy atom. The van der Waals surface area contributed by atoms with Gasteiger partial charge in [0.15, 0.2) is 0 Å². The highest BCUT2D eigenvalue weighted by molar-refractivity contribution is 7.89. The van der Waals surface area contributed by atoms with Gasteiger partial charge in [-0.3, -0.25) is 0 Å². The topological polar surface area (TPSA) is 60.2 Å². The maximum atomic E-state index is 11.2. The van der Waals surface area contributed by atoms with Gasteiger partial charge < -0.3 is 0 Å². The number of primary sulfonamides is 1. The van der Waals surface area contributed by atoms with Crippen LogP contribution in [0.1, 0.15) is 16.7 Å². The van der Waals surface area contributed by atoms with Crippen molar-refractivity contribution in [3.63, 3.8) is 0 Å². The van der Waals surface area contributed by atoms with Crippen molar-refractivity contribution in [2.45, 2.75) is 25.7 Å². The normalized spacial score (nSPS) is 11.7. The monoisotopic (exact) mass is 199 g/mol. The van der Waals surface area contributed by atoms with Crippen LogP contribution in [-0.2, 0) is 10.0 Å². The molecule has 0 spiro atoms. The summed E-state index contributed by atoms with van der Waals surface area (Å²) in [5.74, 6) is 0. The molecule has 0 aliphatic heterocycles. The minimum absolute atomic E-state index is 0.257. The summed E-state index contributed by atoms with van der Waals surface area (Å²) in [6.45, 7) is 5.37. The summed E-state index contributed by atoms with van der Waals surface area (Å²) in [5, 5.41) is 5.10. The lowest BCUT2D eigenvalue weighted by atomic mass is 10.1. The first-order chi connectivity index (χ1) is 5.84. The molecule has 0 aliphatic rings. The molecular weight excluding hydrogens is 186 g/mol. The summed E-state index contributed by atoms with van der Waals surface area (Å²) in [6, 6.07) is 3.65. The lowest BCUT2D eigenvalue weighted by molar-refractivity contribution is 0.596. The molecule has 1 aromatic carbocycles. The van der Waals surface area contributed by atoms with Crippen LogP contribution in [0.5, 0.6) is 0 Å². The van der Waals surface area contributed by atoms with E-state index in [9.17, 15) is 8.42 Å². The molecule has 0 bridgehead atoms. The lowest BCUT2D eigenvalue weighted by Gasteiger charge is -2.09. The van der Waals surface area contributed by atoms with Crippen molar-refractivity contribution in [3.05, 3.63) is 28.8 Å². The van der Waals surface area contributed by atoms with E-state index in [4.69, 9.17) is 5.14 Å². The van der Waals surface area contributed by atoms with Crippen LogP contribution < -0.4 is 5.14 Å². The van der Waals surface area contributed by atoms with Gasteiger partial charge in [0.2, 0.25) is 10.0 Å². The van der Waals surface area contributed by atoms with Crippen molar-refractivity contribution in [1.29, 1.82) is 0 Å². The third kappa shape index (κ3) is 1.89. The Labute approximate surface area is 78.6 Å². The van der Waals surface area contributed by atoms with Gasteiger partial charge in [-0.15, -0.1) is 0 Å². The zero-order valence-corrected chi connectivity index (χ0v) is 8.77. The van der Waals surface area contributed by atoms with E-state index in [-0.39, 0.29) is 4.90 Å². The predicted octanol–water partition coefficient (Wildman–Crippen LogP) is 1.26. The summed E-state index contributed by atoms with van der Waals surface area (Å²) < 4.78 is 22.4. The van der Waals surface area contributed by atoms with Gasteiger partial charge in [-0.2, -0.15) is 0 Å². The molecule has 0 fully saturated rings. The van der Waals surface area contributed by atoms with E-state index < -0.39 is 10.0 Å². The molecule has 0 heterocycles. The number of sulfonamides is 1. The highest BCUT2D eigenvalue weighted by Crippen LogP contribution is 2.20. The van der Waals surface area contributed by atoms with Crippen LogP contribution in [0.2, 0.25) is 0 Å². The Balaban J connectivity index is 3.62. The van der Waals surface area contributed by atoms with Gasteiger partial charge in [0.1, 0.15) is 0 Å². The summed E-state index contributed by atoms with van der Waals surface area (Å²) in [6.07, 6.45) is 0. The van der Waals surface area contributed by atoms with Crippen molar-refractivity contribution in [1.82, 2.24) is 0 Å². The Kier molecular flexibility index (Phi) is 2.45. The van der Waals surface area contributed by atoms with Crippen molar-refractivity contribution >= 4 is 10.0 Å².